The van der Waals surface area contributed by atoms with Crippen molar-refractivity contribution < 1.29 is 9.18 Å². The standard InChI is InChI=1S/C22H34FN5O/c1-17-15-18(7-8-20(17)23)16-26-22(24-2)25-9-10-27-11-13-28(14-12-27)21(29)19-5-3-4-6-19/h7-8,15,19H,3-6,9-14,16H2,1-2H3,(H2,24,25,26). The third-order valence-corrected chi connectivity index (χ3v) is 6.01. The van der Waals surface area contributed by atoms with Crippen molar-refractivity contribution in [2.24, 2.45) is 10.9 Å². The number of hydrogen-bond acceptors (Lipinski definition) is 3. The summed E-state index contributed by atoms with van der Waals surface area (Å²) in [5, 5.41) is 6.60. The number of carbonyl (C=O) groups is 1. The van der Waals surface area contributed by atoms with Crippen molar-refractivity contribution >= 4 is 11.9 Å². The number of carbonyl (C=O) groups excluding carboxylic acids is 1. The minimum atomic E-state index is -0.179. The molecule has 7 heteroatoms. The average Bonchev–Trinajstić information content (AvgIpc) is 3.28. The van der Waals surface area contributed by atoms with Crippen LogP contribution in [0, 0.1) is 18.7 Å². The molecule has 1 saturated carbocycles. The van der Waals surface area contributed by atoms with E-state index in [-0.39, 0.29) is 11.7 Å². The lowest BCUT2D eigenvalue weighted by Crippen LogP contribution is -2.51. The van der Waals surface area contributed by atoms with Gasteiger partial charge in [0.1, 0.15) is 5.82 Å². The Balaban J connectivity index is 1.33. The van der Waals surface area contributed by atoms with E-state index in [4.69, 9.17) is 0 Å². The maximum absolute atomic E-state index is 13.4. The highest BCUT2D eigenvalue weighted by Crippen LogP contribution is 2.26. The molecule has 1 saturated heterocycles. The van der Waals surface area contributed by atoms with E-state index in [9.17, 15) is 9.18 Å². The summed E-state index contributed by atoms with van der Waals surface area (Å²) in [6.45, 7) is 7.62. The first-order valence-corrected chi connectivity index (χ1v) is 10.8. The summed E-state index contributed by atoms with van der Waals surface area (Å²) in [7, 11) is 1.75. The van der Waals surface area contributed by atoms with Gasteiger partial charge >= 0.3 is 0 Å². The first-order valence-electron chi connectivity index (χ1n) is 10.8. The summed E-state index contributed by atoms with van der Waals surface area (Å²) in [4.78, 5) is 21.2. The van der Waals surface area contributed by atoms with Gasteiger partial charge in [0.2, 0.25) is 5.91 Å². The second-order valence-corrected chi connectivity index (χ2v) is 8.08. The van der Waals surface area contributed by atoms with Crippen LogP contribution in [0.1, 0.15) is 36.8 Å². The molecule has 0 unspecified atom stereocenters. The Hall–Kier alpha value is -2.15. The third kappa shape index (κ3) is 6.16. The third-order valence-electron chi connectivity index (χ3n) is 6.01. The van der Waals surface area contributed by atoms with Crippen LogP contribution in [0.15, 0.2) is 23.2 Å². The number of halogens is 1. The minimum Gasteiger partial charge on any atom is -0.355 e. The predicted molar refractivity (Wildman–Crippen MR) is 114 cm³/mol. The van der Waals surface area contributed by atoms with Crippen LogP contribution in [-0.4, -0.2) is 68.0 Å². The molecular formula is C22H34FN5O. The average molecular weight is 404 g/mol. The molecule has 1 aromatic rings. The number of aryl methyl sites for hydroxylation is 1. The van der Waals surface area contributed by atoms with E-state index in [0.29, 0.717) is 18.0 Å². The molecule has 1 heterocycles. The highest BCUT2D eigenvalue weighted by atomic mass is 19.1. The minimum absolute atomic E-state index is 0.179. The van der Waals surface area contributed by atoms with E-state index >= 15 is 0 Å². The highest BCUT2D eigenvalue weighted by Gasteiger charge is 2.29. The van der Waals surface area contributed by atoms with Crippen molar-refractivity contribution in [2.45, 2.75) is 39.2 Å². The number of nitrogens with one attached hydrogen (secondary N) is 2. The van der Waals surface area contributed by atoms with E-state index < -0.39 is 0 Å². The van der Waals surface area contributed by atoms with Crippen LogP contribution >= 0.6 is 0 Å². The molecule has 2 aliphatic rings. The fraction of sp³-hybridized carbons (Fsp3) is 0.636. The molecule has 1 aromatic carbocycles. The second-order valence-electron chi connectivity index (χ2n) is 8.08. The number of amides is 1. The van der Waals surface area contributed by atoms with Gasteiger partial charge in [-0.2, -0.15) is 0 Å². The van der Waals surface area contributed by atoms with E-state index in [1.165, 1.54) is 18.9 Å². The van der Waals surface area contributed by atoms with Crippen molar-refractivity contribution in [3.8, 4) is 0 Å². The molecule has 160 valence electrons. The highest BCUT2D eigenvalue weighted by molar-refractivity contribution is 5.80. The van der Waals surface area contributed by atoms with Gasteiger partial charge in [0, 0.05) is 58.8 Å². The number of guanidine groups is 1. The van der Waals surface area contributed by atoms with Crippen LogP contribution in [0.5, 0.6) is 0 Å². The number of aliphatic imine (C=N–C) groups is 1. The van der Waals surface area contributed by atoms with Crippen LogP contribution in [0.25, 0.3) is 0 Å². The van der Waals surface area contributed by atoms with Gasteiger partial charge in [-0.15, -0.1) is 0 Å². The molecule has 1 aliphatic heterocycles. The zero-order valence-electron chi connectivity index (χ0n) is 17.7. The summed E-state index contributed by atoms with van der Waals surface area (Å²) in [6.07, 6.45) is 4.56. The summed E-state index contributed by atoms with van der Waals surface area (Å²) < 4.78 is 13.4. The van der Waals surface area contributed by atoms with E-state index in [2.05, 4.69) is 25.4 Å². The first-order chi connectivity index (χ1) is 14.1. The molecule has 0 radical (unpaired) electrons. The zero-order chi connectivity index (χ0) is 20.6. The molecule has 6 nitrogen and oxygen atoms in total. The Labute approximate surface area is 173 Å². The van der Waals surface area contributed by atoms with Gasteiger partial charge < -0.3 is 15.5 Å². The smallest absolute Gasteiger partial charge is 0.225 e. The number of piperazine rings is 1. The van der Waals surface area contributed by atoms with Gasteiger partial charge in [-0.3, -0.25) is 14.7 Å². The van der Waals surface area contributed by atoms with Gasteiger partial charge in [-0.25, -0.2) is 4.39 Å². The zero-order valence-corrected chi connectivity index (χ0v) is 17.7. The molecule has 1 amide bonds. The summed E-state index contributed by atoms with van der Waals surface area (Å²) >= 11 is 0. The molecule has 0 spiro atoms. The topological polar surface area (TPSA) is 60.0 Å². The molecule has 3 rings (SSSR count). The SMILES string of the molecule is CN=C(NCCN1CCN(C(=O)C2CCCC2)CC1)NCc1ccc(F)c(C)c1. The summed E-state index contributed by atoms with van der Waals surface area (Å²) in [5.74, 6) is 1.21. The second kappa shape index (κ2) is 10.6. The number of rotatable bonds is 6. The first kappa shape index (κ1) is 21.6. The maximum atomic E-state index is 13.4. The number of hydrogen-bond donors (Lipinski definition) is 2. The molecule has 2 fully saturated rings. The Kier molecular flexibility index (Phi) is 7.86. The molecule has 0 aromatic heterocycles. The van der Waals surface area contributed by atoms with Gasteiger partial charge in [-0.05, 0) is 37.0 Å². The van der Waals surface area contributed by atoms with Crippen molar-refractivity contribution in [1.29, 1.82) is 0 Å². The lowest BCUT2D eigenvalue weighted by molar-refractivity contribution is -0.137. The van der Waals surface area contributed by atoms with E-state index in [1.807, 2.05) is 6.07 Å². The molecule has 29 heavy (non-hydrogen) atoms. The molecule has 0 atom stereocenters. The van der Waals surface area contributed by atoms with Gasteiger partial charge in [0.25, 0.3) is 0 Å². The molecule has 2 N–H and O–H groups in total. The number of benzene rings is 1. The van der Waals surface area contributed by atoms with Gasteiger partial charge in [0.05, 0.1) is 0 Å². The Bertz CT molecular complexity index is 709. The fourth-order valence-corrected chi connectivity index (χ4v) is 4.18. The Morgan fingerprint density at radius 3 is 2.55 bits per heavy atom. The Morgan fingerprint density at radius 2 is 1.90 bits per heavy atom. The van der Waals surface area contributed by atoms with E-state index in [1.54, 1.807) is 20.0 Å². The van der Waals surface area contributed by atoms with Gasteiger partial charge in [-0.1, -0.05) is 25.0 Å². The van der Waals surface area contributed by atoms with Crippen LogP contribution in [0.4, 0.5) is 4.39 Å². The van der Waals surface area contributed by atoms with Crippen molar-refractivity contribution in [2.75, 3.05) is 46.3 Å². The van der Waals surface area contributed by atoms with Gasteiger partial charge in [0.15, 0.2) is 5.96 Å². The summed E-state index contributed by atoms with van der Waals surface area (Å²) in [5.41, 5.74) is 1.67. The molecule has 0 bridgehead atoms. The van der Waals surface area contributed by atoms with E-state index in [0.717, 1.165) is 63.6 Å². The molecule has 1 aliphatic carbocycles. The van der Waals surface area contributed by atoms with Crippen molar-refractivity contribution in [3.63, 3.8) is 0 Å². The molecular weight excluding hydrogens is 369 g/mol. The largest absolute Gasteiger partial charge is 0.355 e. The number of nitrogens with zero attached hydrogens (tertiary/aromatic N) is 3. The lowest BCUT2D eigenvalue weighted by Gasteiger charge is -2.36. The monoisotopic (exact) mass is 403 g/mol. The quantitative estimate of drug-likeness (QED) is 0.564. The van der Waals surface area contributed by atoms with Crippen molar-refractivity contribution in [3.05, 3.63) is 35.1 Å². The predicted octanol–water partition coefficient (Wildman–Crippen LogP) is 2.13. The van der Waals surface area contributed by atoms with Crippen LogP contribution in [0.3, 0.4) is 0 Å². The normalized spacial score (nSPS) is 18.9. The fourth-order valence-electron chi connectivity index (χ4n) is 4.18. The van der Waals surface area contributed by atoms with Crippen LogP contribution < -0.4 is 10.6 Å². The van der Waals surface area contributed by atoms with Crippen LogP contribution in [0.2, 0.25) is 0 Å². The summed E-state index contributed by atoms with van der Waals surface area (Å²) in [6, 6.07) is 5.14. The lowest BCUT2D eigenvalue weighted by atomic mass is 10.1. The van der Waals surface area contributed by atoms with Crippen LogP contribution in [-0.2, 0) is 11.3 Å². The van der Waals surface area contributed by atoms with Crippen molar-refractivity contribution in [1.82, 2.24) is 20.4 Å². The maximum Gasteiger partial charge on any atom is 0.225 e. The Morgan fingerprint density at radius 1 is 1.17 bits per heavy atom.